The second-order valence-corrected chi connectivity index (χ2v) is 7.40. The van der Waals surface area contributed by atoms with Gasteiger partial charge in [-0.05, 0) is 51.0 Å². The third-order valence-electron chi connectivity index (χ3n) is 4.57. The van der Waals surface area contributed by atoms with Crippen LogP contribution in [0, 0.1) is 12.7 Å². The van der Waals surface area contributed by atoms with E-state index in [1.165, 1.54) is 23.5 Å². The van der Waals surface area contributed by atoms with Crippen LogP contribution in [0.5, 0.6) is 0 Å². The average Bonchev–Trinajstić information content (AvgIpc) is 3.23. The number of halogens is 1. The lowest BCUT2D eigenvalue weighted by molar-refractivity contribution is -0.150. The second-order valence-electron chi connectivity index (χ2n) is 6.40. The van der Waals surface area contributed by atoms with Crippen LogP contribution in [-0.4, -0.2) is 29.0 Å². The van der Waals surface area contributed by atoms with E-state index in [0.29, 0.717) is 28.4 Å². The summed E-state index contributed by atoms with van der Waals surface area (Å²) in [6.45, 7) is 3.79. The molecule has 0 bridgehead atoms. The van der Waals surface area contributed by atoms with Crippen LogP contribution in [0.4, 0.5) is 4.39 Å². The molecule has 0 aliphatic heterocycles. The number of benzene rings is 1. The molecular formula is C19H21FN2O3S. The van der Waals surface area contributed by atoms with Gasteiger partial charge in [-0.25, -0.2) is 14.2 Å². The summed E-state index contributed by atoms with van der Waals surface area (Å²) < 4.78 is 18.3. The zero-order valence-corrected chi connectivity index (χ0v) is 15.6. The molecule has 1 aliphatic carbocycles. The number of aryl methyl sites for hydroxylation is 1. The Hall–Kier alpha value is -2.28. The number of hydrogen-bond donors (Lipinski definition) is 1. The molecule has 1 N–H and O–H groups in total. The van der Waals surface area contributed by atoms with E-state index in [1.54, 1.807) is 26.0 Å². The molecule has 1 amide bonds. The molecule has 0 radical (unpaired) electrons. The highest BCUT2D eigenvalue weighted by Gasteiger charge is 2.44. The molecule has 138 valence electrons. The largest absolute Gasteiger partial charge is 0.464 e. The standard InChI is InChI=1S/C19H21FN2O3S/c1-3-25-18(24)19(10-4-5-11-19)22-16(23)15-12(2)21-17(26-15)13-6-8-14(20)9-7-13/h6-9H,3-5,10-11H2,1-2H3,(H,22,23). The summed E-state index contributed by atoms with van der Waals surface area (Å²) in [5, 5.41) is 3.55. The van der Waals surface area contributed by atoms with Crippen LogP contribution in [0.1, 0.15) is 48.0 Å². The van der Waals surface area contributed by atoms with Crippen LogP contribution in [-0.2, 0) is 9.53 Å². The van der Waals surface area contributed by atoms with Gasteiger partial charge in [-0.15, -0.1) is 11.3 Å². The van der Waals surface area contributed by atoms with Gasteiger partial charge < -0.3 is 10.1 Å². The second kappa shape index (κ2) is 7.53. The lowest BCUT2D eigenvalue weighted by Crippen LogP contribution is -2.53. The number of nitrogens with one attached hydrogen (secondary N) is 1. The Kier molecular flexibility index (Phi) is 5.36. The van der Waals surface area contributed by atoms with Gasteiger partial charge >= 0.3 is 5.97 Å². The molecular weight excluding hydrogens is 355 g/mol. The quantitative estimate of drug-likeness (QED) is 0.805. The first-order chi connectivity index (χ1) is 12.4. The smallest absolute Gasteiger partial charge is 0.331 e. The maximum atomic E-state index is 13.1. The number of rotatable bonds is 5. The zero-order valence-electron chi connectivity index (χ0n) is 14.8. The molecule has 0 atom stereocenters. The molecule has 1 aromatic carbocycles. The van der Waals surface area contributed by atoms with Crippen molar-refractivity contribution in [2.24, 2.45) is 0 Å². The fourth-order valence-corrected chi connectivity index (χ4v) is 4.19. The molecule has 26 heavy (non-hydrogen) atoms. The van der Waals surface area contributed by atoms with Gasteiger partial charge in [-0.3, -0.25) is 4.79 Å². The number of esters is 1. The monoisotopic (exact) mass is 376 g/mol. The molecule has 7 heteroatoms. The van der Waals surface area contributed by atoms with Gasteiger partial charge in [-0.2, -0.15) is 0 Å². The highest BCUT2D eigenvalue weighted by atomic mass is 32.1. The third kappa shape index (κ3) is 3.62. The van der Waals surface area contributed by atoms with Crippen molar-refractivity contribution in [1.82, 2.24) is 10.3 Å². The van der Waals surface area contributed by atoms with Crippen LogP contribution in [0.2, 0.25) is 0 Å². The van der Waals surface area contributed by atoms with E-state index in [4.69, 9.17) is 4.74 Å². The first-order valence-corrected chi connectivity index (χ1v) is 9.50. The van der Waals surface area contributed by atoms with E-state index in [0.717, 1.165) is 18.4 Å². The van der Waals surface area contributed by atoms with Crippen LogP contribution in [0.3, 0.4) is 0 Å². The number of amides is 1. The van der Waals surface area contributed by atoms with Crippen LogP contribution < -0.4 is 5.32 Å². The maximum absolute atomic E-state index is 13.1. The highest BCUT2D eigenvalue weighted by Crippen LogP contribution is 2.33. The summed E-state index contributed by atoms with van der Waals surface area (Å²) in [5.74, 6) is -1.01. The molecule has 1 saturated carbocycles. The van der Waals surface area contributed by atoms with Crippen molar-refractivity contribution in [3.63, 3.8) is 0 Å². The Balaban J connectivity index is 1.83. The Labute approximate surface area is 155 Å². The number of carbonyl (C=O) groups excluding carboxylic acids is 2. The first-order valence-electron chi connectivity index (χ1n) is 8.68. The Morgan fingerprint density at radius 2 is 1.92 bits per heavy atom. The molecule has 0 unspecified atom stereocenters. The molecule has 0 spiro atoms. The molecule has 1 fully saturated rings. The normalized spacial score (nSPS) is 15.7. The Bertz CT molecular complexity index is 811. The molecule has 3 rings (SSSR count). The van der Waals surface area contributed by atoms with Gasteiger partial charge in [0.1, 0.15) is 21.2 Å². The van der Waals surface area contributed by atoms with Crippen LogP contribution >= 0.6 is 11.3 Å². The van der Waals surface area contributed by atoms with Crippen LogP contribution in [0.25, 0.3) is 10.6 Å². The van der Waals surface area contributed by atoms with E-state index in [2.05, 4.69) is 10.3 Å². The number of hydrogen-bond acceptors (Lipinski definition) is 5. The average molecular weight is 376 g/mol. The molecule has 5 nitrogen and oxygen atoms in total. The van der Waals surface area contributed by atoms with Gasteiger partial charge in [0.15, 0.2) is 0 Å². The van der Waals surface area contributed by atoms with Crippen molar-refractivity contribution in [3.05, 3.63) is 40.7 Å². The molecule has 1 aliphatic rings. The van der Waals surface area contributed by atoms with Crippen molar-refractivity contribution in [2.75, 3.05) is 6.61 Å². The number of aromatic nitrogens is 1. The van der Waals surface area contributed by atoms with Crippen molar-refractivity contribution < 1.29 is 18.7 Å². The zero-order chi connectivity index (χ0) is 18.7. The summed E-state index contributed by atoms with van der Waals surface area (Å²) in [6, 6.07) is 5.99. The Morgan fingerprint density at radius 3 is 2.54 bits per heavy atom. The van der Waals surface area contributed by atoms with E-state index < -0.39 is 5.54 Å². The van der Waals surface area contributed by atoms with Crippen molar-refractivity contribution in [2.45, 2.75) is 45.1 Å². The summed E-state index contributed by atoms with van der Waals surface area (Å²) in [4.78, 5) is 30.1. The first kappa shape index (κ1) is 18.5. The van der Waals surface area contributed by atoms with E-state index in [-0.39, 0.29) is 24.3 Å². The fourth-order valence-electron chi connectivity index (χ4n) is 3.23. The van der Waals surface area contributed by atoms with Crippen molar-refractivity contribution in [3.8, 4) is 10.6 Å². The fraction of sp³-hybridized carbons (Fsp3) is 0.421. The lowest BCUT2D eigenvalue weighted by Gasteiger charge is -2.27. The van der Waals surface area contributed by atoms with E-state index in [1.807, 2.05) is 0 Å². The van der Waals surface area contributed by atoms with Gasteiger partial charge in [-0.1, -0.05) is 12.8 Å². The minimum Gasteiger partial charge on any atom is -0.464 e. The van der Waals surface area contributed by atoms with Crippen molar-refractivity contribution >= 4 is 23.2 Å². The predicted octanol–water partition coefficient (Wildman–Crippen LogP) is 3.86. The summed E-state index contributed by atoms with van der Waals surface area (Å²) in [6.07, 6.45) is 2.92. The highest BCUT2D eigenvalue weighted by molar-refractivity contribution is 7.17. The SMILES string of the molecule is CCOC(=O)C1(NC(=O)c2sc(-c3ccc(F)cc3)nc2C)CCCC1. The van der Waals surface area contributed by atoms with E-state index in [9.17, 15) is 14.0 Å². The number of nitrogens with zero attached hydrogens (tertiary/aromatic N) is 1. The topological polar surface area (TPSA) is 68.3 Å². The Morgan fingerprint density at radius 1 is 1.27 bits per heavy atom. The summed E-state index contributed by atoms with van der Waals surface area (Å²) in [7, 11) is 0. The van der Waals surface area contributed by atoms with E-state index >= 15 is 0 Å². The molecule has 2 aromatic rings. The lowest BCUT2D eigenvalue weighted by atomic mass is 9.97. The molecule has 1 heterocycles. The van der Waals surface area contributed by atoms with Gasteiger partial charge in [0, 0.05) is 5.56 Å². The maximum Gasteiger partial charge on any atom is 0.331 e. The van der Waals surface area contributed by atoms with Gasteiger partial charge in [0.25, 0.3) is 5.91 Å². The van der Waals surface area contributed by atoms with Crippen molar-refractivity contribution in [1.29, 1.82) is 0 Å². The number of thiazole rings is 1. The number of carbonyl (C=O) groups is 2. The minimum atomic E-state index is -0.945. The summed E-state index contributed by atoms with van der Waals surface area (Å²) >= 11 is 1.24. The van der Waals surface area contributed by atoms with Crippen LogP contribution in [0.15, 0.2) is 24.3 Å². The number of ether oxygens (including phenoxy) is 1. The minimum absolute atomic E-state index is 0.282. The third-order valence-corrected chi connectivity index (χ3v) is 5.78. The van der Waals surface area contributed by atoms with Gasteiger partial charge in [0.05, 0.1) is 12.3 Å². The molecule has 1 aromatic heterocycles. The molecule has 0 saturated heterocycles. The van der Waals surface area contributed by atoms with Gasteiger partial charge in [0.2, 0.25) is 0 Å². The predicted molar refractivity (Wildman–Crippen MR) is 97.5 cm³/mol. The summed E-state index contributed by atoms with van der Waals surface area (Å²) in [5.41, 5.74) is 0.392.